The molecular formula is C28H33FN2O4S. The fraction of sp³-hybridized carbons (Fsp3) is 0.357. The largest absolute Gasteiger partial charge is 0.386 e. The van der Waals surface area contributed by atoms with Crippen molar-refractivity contribution in [3.8, 4) is 22.3 Å². The second kappa shape index (κ2) is 10.1. The van der Waals surface area contributed by atoms with Gasteiger partial charge in [0.15, 0.2) is 0 Å². The van der Waals surface area contributed by atoms with Crippen molar-refractivity contribution in [3.05, 3.63) is 71.3 Å². The molecule has 0 saturated carbocycles. The number of halogens is 1. The highest BCUT2D eigenvalue weighted by atomic mass is 32.2. The molecule has 0 atom stereocenters. The first kappa shape index (κ1) is 27.5. The van der Waals surface area contributed by atoms with Crippen molar-refractivity contribution in [2.75, 3.05) is 0 Å². The summed E-state index contributed by atoms with van der Waals surface area (Å²) >= 11 is 0. The van der Waals surface area contributed by atoms with E-state index < -0.39 is 27.3 Å². The summed E-state index contributed by atoms with van der Waals surface area (Å²) in [7, 11) is -4.37. The van der Waals surface area contributed by atoms with E-state index in [1.807, 2.05) is 27.7 Å². The van der Waals surface area contributed by atoms with E-state index in [1.165, 1.54) is 18.2 Å². The lowest BCUT2D eigenvalue weighted by Gasteiger charge is -2.29. The van der Waals surface area contributed by atoms with Crippen LogP contribution in [0.2, 0.25) is 0 Å². The van der Waals surface area contributed by atoms with Crippen molar-refractivity contribution in [1.82, 2.24) is 9.71 Å². The molecule has 2 N–H and O–H groups in total. The summed E-state index contributed by atoms with van der Waals surface area (Å²) in [6.45, 7) is 11.9. The molecule has 3 aromatic rings. The molecule has 1 heterocycles. The van der Waals surface area contributed by atoms with Gasteiger partial charge in [0.1, 0.15) is 5.82 Å². The fourth-order valence-electron chi connectivity index (χ4n) is 4.37. The Labute approximate surface area is 212 Å². The lowest BCUT2D eigenvalue weighted by molar-refractivity contribution is -0.117. The van der Waals surface area contributed by atoms with Crippen molar-refractivity contribution in [3.63, 3.8) is 0 Å². The summed E-state index contributed by atoms with van der Waals surface area (Å²) < 4.78 is 44.1. The van der Waals surface area contributed by atoms with E-state index in [1.54, 1.807) is 44.4 Å². The van der Waals surface area contributed by atoms with Crippen LogP contribution >= 0.6 is 0 Å². The molecule has 8 heteroatoms. The molecular weight excluding hydrogens is 479 g/mol. The van der Waals surface area contributed by atoms with Crippen molar-refractivity contribution < 1.29 is 22.7 Å². The number of rotatable bonds is 7. The van der Waals surface area contributed by atoms with Gasteiger partial charge in [0.25, 0.3) is 10.0 Å². The molecule has 0 unspecified atom stereocenters. The number of carbonyl (C=O) groups is 1. The second-order valence-electron chi connectivity index (χ2n) is 10.1. The number of nitrogens with zero attached hydrogens (tertiary/aromatic N) is 1. The third-order valence-corrected chi connectivity index (χ3v) is 7.46. The van der Waals surface area contributed by atoms with Gasteiger partial charge in [-0.15, -0.1) is 0 Å². The van der Waals surface area contributed by atoms with Crippen LogP contribution < -0.4 is 4.72 Å². The highest BCUT2D eigenvalue weighted by Crippen LogP contribution is 2.46. The fourth-order valence-corrected chi connectivity index (χ4v) is 5.62. The number of hydrogen-bond donors (Lipinski definition) is 2. The van der Waals surface area contributed by atoms with E-state index >= 15 is 0 Å². The number of carbonyl (C=O) groups excluding carboxylic acids is 1. The summed E-state index contributed by atoms with van der Waals surface area (Å²) in [6.07, 6.45) is 3.17. The molecule has 36 heavy (non-hydrogen) atoms. The summed E-state index contributed by atoms with van der Waals surface area (Å²) in [5.74, 6) is -1.47. The van der Waals surface area contributed by atoms with Crippen LogP contribution in [-0.4, -0.2) is 24.4 Å². The Kier molecular flexibility index (Phi) is 7.72. The van der Waals surface area contributed by atoms with Crippen LogP contribution in [0.25, 0.3) is 22.3 Å². The summed E-state index contributed by atoms with van der Waals surface area (Å²) in [5.41, 5.74) is 2.10. The van der Waals surface area contributed by atoms with Crippen LogP contribution in [0.5, 0.6) is 0 Å². The number of aromatic nitrogens is 1. The third kappa shape index (κ3) is 5.65. The second-order valence-corrected chi connectivity index (χ2v) is 11.8. The zero-order valence-electron chi connectivity index (χ0n) is 21.7. The van der Waals surface area contributed by atoms with Gasteiger partial charge in [0, 0.05) is 24.9 Å². The van der Waals surface area contributed by atoms with Crippen LogP contribution in [0.15, 0.2) is 53.7 Å². The van der Waals surface area contributed by atoms with Crippen molar-refractivity contribution >= 4 is 15.9 Å². The maximum absolute atomic E-state index is 14.7. The molecule has 0 spiro atoms. The van der Waals surface area contributed by atoms with Gasteiger partial charge in [-0.3, -0.25) is 9.78 Å². The lowest BCUT2D eigenvalue weighted by Crippen LogP contribution is -2.30. The Morgan fingerprint density at radius 2 is 1.47 bits per heavy atom. The molecule has 0 fully saturated rings. The van der Waals surface area contributed by atoms with E-state index in [0.717, 1.165) is 6.92 Å². The topological polar surface area (TPSA) is 96.4 Å². The predicted molar refractivity (Wildman–Crippen MR) is 139 cm³/mol. The number of nitrogens with one attached hydrogen (secondary N) is 1. The van der Waals surface area contributed by atoms with Gasteiger partial charge >= 0.3 is 0 Å². The molecule has 0 aliphatic carbocycles. The Morgan fingerprint density at radius 1 is 0.944 bits per heavy atom. The maximum Gasteiger partial charge on any atom is 0.264 e. The molecule has 192 valence electrons. The highest BCUT2D eigenvalue weighted by Gasteiger charge is 2.33. The van der Waals surface area contributed by atoms with Gasteiger partial charge in [-0.2, -0.15) is 0 Å². The zero-order valence-corrected chi connectivity index (χ0v) is 22.5. The molecule has 6 nitrogen and oxygen atoms in total. The van der Waals surface area contributed by atoms with Gasteiger partial charge in [0.2, 0.25) is 5.91 Å². The third-order valence-electron chi connectivity index (χ3n) is 6.00. The minimum Gasteiger partial charge on any atom is -0.386 e. The van der Waals surface area contributed by atoms with Gasteiger partial charge in [-0.1, -0.05) is 27.7 Å². The first-order chi connectivity index (χ1) is 16.6. The van der Waals surface area contributed by atoms with Crippen LogP contribution in [0.3, 0.4) is 0 Å². The van der Waals surface area contributed by atoms with Crippen molar-refractivity contribution in [2.24, 2.45) is 0 Å². The summed E-state index contributed by atoms with van der Waals surface area (Å²) in [5, 5.41) is 11.3. The number of hydrogen-bond acceptors (Lipinski definition) is 5. The predicted octanol–water partition coefficient (Wildman–Crippen LogP) is 5.85. The number of amides is 1. The molecule has 0 radical (unpaired) electrons. The van der Waals surface area contributed by atoms with Gasteiger partial charge in [-0.25, -0.2) is 17.5 Å². The number of benzene rings is 2. The summed E-state index contributed by atoms with van der Waals surface area (Å²) in [4.78, 5) is 15.8. The number of pyridine rings is 1. The molecule has 3 rings (SSSR count). The van der Waals surface area contributed by atoms with Crippen LogP contribution in [-0.2, 0) is 20.4 Å². The lowest BCUT2D eigenvalue weighted by atomic mass is 9.79. The Hall–Kier alpha value is -3.10. The van der Waals surface area contributed by atoms with Gasteiger partial charge in [-0.05, 0) is 95.5 Å². The minimum absolute atomic E-state index is 0.154. The molecule has 0 aliphatic rings. The molecule has 0 saturated heterocycles. The van der Waals surface area contributed by atoms with Gasteiger partial charge < -0.3 is 5.11 Å². The van der Waals surface area contributed by atoms with E-state index in [0.29, 0.717) is 33.4 Å². The minimum atomic E-state index is -4.37. The number of sulfonamides is 1. The zero-order chi connectivity index (χ0) is 27.0. The SMILES string of the molecule is CC(=O)NS(=O)(=O)c1cc(-c2ccncc2)cc(C(C)(C)O)c1-c1c(C(C)C)cc(F)cc1C(C)C. The molecule has 0 aliphatic heterocycles. The first-order valence-electron chi connectivity index (χ1n) is 11.8. The monoisotopic (exact) mass is 512 g/mol. The quantitative estimate of drug-likeness (QED) is 0.414. The molecule has 1 amide bonds. The normalized spacial score (nSPS) is 12.3. The molecule has 1 aromatic heterocycles. The summed E-state index contributed by atoms with van der Waals surface area (Å²) in [6, 6.07) is 9.51. The van der Waals surface area contributed by atoms with Gasteiger partial charge in [0.05, 0.1) is 10.5 Å². The van der Waals surface area contributed by atoms with Crippen LogP contribution in [0, 0.1) is 5.82 Å². The maximum atomic E-state index is 14.7. The average molecular weight is 513 g/mol. The Morgan fingerprint density at radius 3 is 1.92 bits per heavy atom. The van der Waals surface area contributed by atoms with Crippen molar-refractivity contribution in [1.29, 1.82) is 0 Å². The number of aliphatic hydroxyl groups is 1. The first-order valence-corrected chi connectivity index (χ1v) is 13.3. The van der Waals surface area contributed by atoms with E-state index in [4.69, 9.17) is 0 Å². The highest BCUT2D eigenvalue weighted by molar-refractivity contribution is 7.90. The van der Waals surface area contributed by atoms with Crippen LogP contribution in [0.1, 0.15) is 77.0 Å². The van der Waals surface area contributed by atoms with Crippen molar-refractivity contribution in [2.45, 2.75) is 70.8 Å². The van der Waals surface area contributed by atoms with E-state index in [2.05, 4.69) is 9.71 Å². The standard InChI is InChI=1S/C28H33FN2O4S/c1-16(2)22-14-21(29)15-23(17(3)4)26(22)27-24(28(6,7)33)12-20(19-8-10-30-11-9-19)13-25(27)36(34,35)31-18(5)32/h8-17,33H,1-7H3,(H,31,32). The Bertz CT molecular complexity index is 1360. The molecule has 0 bridgehead atoms. The average Bonchev–Trinajstić information content (AvgIpc) is 2.76. The molecule has 2 aromatic carbocycles. The van der Waals surface area contributed by atoms with E-state index in [-0.39, 0.29) is 22.3 Å². The Balaban J connectivity index is 2.63. The van der Waals surface area contributed by atoms with Crippen LogP contribution in [0.4, 0.5) is 4.39 Å². The van der Waals surface area contributed by atoms with E-state index in [9.17, 15) is 22.7 Å². The smallest absolute Gasteiger partial charge is 0.264 e.